The van der Waals surface area contributed by atoms with Gasteiger partial charge in [0, 0.05) is 5.69 Å². The lowest BCUT2D eigenvalue weighted by molar-refractivity contribution is 0.242. The SMILES string of the molecule is C=C(C)c1cccc(C(C)(C)NC(=O)Nc2ccc(N)c(N=N)c2)c1.CC.CC. The average Bonchev–Trinajstić information content (AvgIpc) is 2.72. The Hall–Kier alpha value is -3.15. The zero-order chi connectivity index (χ0) is 22.6. The molecule has 0 fully saturated rings. The van der Waals surface area contributed by atoms with Gasteiger partial charge in [-0.05, 0) is 56.2 Å². The maximum absolute atomic E-state index is 12.4. The molecule has 0 aliphatic heterocycles. The molecule has 158 valence electrons. The third kappa shape index (κ3) is 7.78. The van der Waals surface area contributed by atoms with Crippen LogP contribution in [0.2, 0.25) is 0 Å². The third-order valence-electron chi connectivity index (χ3n) is 3.91. The van der Waals surface area contributed by atoms with E-state index < -0.39 is 5.54 Å². The topological polar surface area (TPSA) is 103 Å². The molecule has 0 bridgehead atoms. The first kappa shape index (κ1) is 25.9. The second kappa shape index (κ2) is 12.3. The first-order valence-electron chi connectivity index (χ1n) is 9.85. The van der Waals surface area contributed by atoms with Gasteiger partial charge in [0.25, 0.3) is 0 Å². The van der Waals surface area contributed by atoms with Crippen LogP contribution in [0.4, 0.5) is 21.9 Å². The summed E-state index contributed by atoms with van der Waals surface area (Å²) in [5.41, 5.74) is 16.4. The van der Waals surface area contributed by atoms with Crippen LogP contribution in [-0.4, -0.2) is 6.03 Å². The van der Waals surface area contributed by atoms with Gasteiger partial charge in [-0.15, -0.1) is 0 Å². The van der Waals surface area contributed by atoms with Gasteiger partial charge in [-0.3, -0.25) is 0 Å². The minimum Gasteiger partial charge on any atom is -0.397 e. The fraction of sp³-hybridized carbons (Fsp3) is 0.348. The summed E-state index contributed by atoms with van der Waals surface area (Å²) >= 11 is 0. The van der Waals surface area contributed by atoms with Gasteiger partial charge in [0.2, 0.25) is 0 Å². The number of allylic oxidation sites excluding steroid dienone is 1. The van der Waals surface area contributed by atoms with Crippen LogP contribution >= 0.6 is 0 Å². The first-order chi connectivity index (χ1) is 13.7. The molecule has 6 nitrogen and oxygen atoms in total. The van der Waals surface area contributed by atoms with Gasteiger partial charge in [-0.1, -0.05) is 58.0 Å². The number of carbonyl (C=O) groups excluding carboxylic acids is 1. The van der Waals surface area contributed by atoms with E-state index in [0.717, 1.165) is 16.7 Å². The fourth-order valence-electron chi connectivity index (χ4n) is 2.41. The Balaban J connectivity index is 0.00000184. The van der Waals surface area contributed by atoms with Crippen LogP contribution in [0, 0.1) is 5.53 Å². The van der Waals surface area contributed by atoms with Crippen molar-refractivity contribution >= 4 is 28.7 Å². The molecule has 2 rings (SSSR count). The highest BCUT2D eigenvalue weighted by molar-refractivity contribution is 5.91. The summed E-state index contributed by atoms with van der Waals surface area (Å²) in [5.74, 6) is 0. The molecular formula is C23H35N5O. The van der Waals surface area contributed by atoms with Crippen molar-refractivity contribution < 1.29 is 4.79 Å². The quantitative estimate of drug-likeness (QED) is 0.320. The standard InChI is InChI=1S/C19H23N5O.2C2H6/c1-12(2)13-6-5-7-14(10-13)19(3,4)23-18(25)22-15-8-9-16(20)17(11-15)24-21;2*1-2/h5-11,21H,1,20H2,2-4H3,(H2,22,23,25);2*1-2H3. The summed E-state index contributed by atoms with van der Waals surface area (Å²) in [7, 11) is 0. The summed E-state index contributed by atoms with van der Waals surface area (Å²) in [5, 5.41) is 9.02. The molecule has 0 aliphatic rings. The van der Waals surface area contributed by atoms with Crippen molar-refractivity contribution in [3.05, 3.63) is 60.2 Å². The molecule has 0 aromatic heterocycles. The van der Waals surface area contributed by atoms with Crippen LogP contribution in [0.3, 0.4) is 0 Å². The molecule has 2 amide bonds. The maximum Gasteiger partial charge on any atom is 0.319 e. The number of nitrogens with zero attached hydrogens (tertiary/aromatic N) is 1. The second-order valence-electron chi connectivity index (χ2n) is 6.45. The van der Waals surface area contributed by atoms with E-state index in [1.54, 1.807) is 18.2 Å². The summed E-state index contributed by atoms with van der Waals surface area (Å²) in [6.45, 7) is 17.8. The largest absolute Gasteiger partial charge is 0.397 e. The van der Waals surface area contributed by atoms with Crippen molar-refractivity contribution in [2.75, 3.05) is 11.1 Å². The smallest absolute Gasteiger partial charge is 0.319 e. The average molecular weight is 398 g/mol. The van der Waals surface area contributed by atoms with Gasteiger partial charge in [0.15, 0.2) is 0 Å². The van der Waals surface area contributed by atoms with Crippen molar-refractivity contribution in [3.8, 4) is 0 Å². The molecule has 5 N–H and O–H groups in total. The molecular weight excluding hydrogens is 362 g/mol. The Bertz CT molecular complexity index is 828. The lowest BCUT2D eigenvalue weighted by Crippen LogP contribution is -2.43. The van der Waals surface area contributed by atoms with Crippen LogP contribution in [0.25, 0.3) is 5.57 Å². The molecule has 0 atom stereocenters. The number of benzene rings is 2. The molecule has 2 aromatic rings. The van der Waals surface area contributed by atoms with Crippen LogP contribution in [0.5, 0.6) is 0 Å². The van der Waals surface area contributed by atoms with Crippen molar-refractivity contribution in [3.63, 3.8) is 0 Å². The van der Waals surface area contributed by atoms with Gasteiger partial charge >= 0.3 is 6.03 Å². The molecule has 6 heteroatoms. The van der Waals surface area contributed by atoms with E-state index in [4.69, 9.17) is 11.3 Å². The van der Waals surface area contributed by atoms with Crippen LogP contribution in [0.15, 0.2) is 54.2 Å². The number of rotatable bonds is 5. The monoisotopic (exact) mass is 397 g/mol. The number of carbonyl (C=O) groups is 1. The van der Waals surface area contributed by atoms with E-state index in [-0.39, 0.29) is 6.03 Å². The normalized spacial score (nSPS) is 9.76. The van der Waals surface area contributed by atoms with E-state index in [0.29, 0.717) is 17.1 Å². The number of nitrogen functional groups attached to an aromatic ring is 1. The lowest BCUT2D eigenvalue weighted by Gasteiger charge is -2.27. The molecule has 2 aromatic carbocycles. The molecule has 0 saturated heterocycles. The molecule has 0 saturated carbocycles. The molecule has 0 spiro atoms. The summed E-state index contributed by atoms with van der Waals surface area (Å²) < 4.78 is 0. The van der Waals surface area contributed by atoms with Crippen LogP contribution in [-0.2, 0) is 5.54 Å². The highest BCUT2D eigenvalue weighted by Gasteiger charge is 2.23. The molecule has 0 radical (unpaired) electrons. The van der Waals surface area contributed by atoms with Gasteiger partial charge in [-0.25, -0.2) is 10.3 Å². The number of nitrogens with two attached hydrogens (primary N) is 1. The number of anilines is 2. The second-order valence-corrected chi connectivity index (χ2v) is 6.45. The maximum atomic E-state index is 12.4. The zero-order valence-corrected chi connectivity index (χ0v) is 18.7. The third-order valence-corrected chi connectivity index (χ3v) is 3.91. The van der Waals surface area contributed by atoms with Crippen molar-refractivity contribution in [1.82, 2.24) is 5.32 Å². The van der Waals surface area contributed by atoms with Crippen LogP contribution < -0.4 is 16.4 Å². The fourth-order valence-corrected chi connectivity index (χ4v) is 2.41. The summed E-state index contributed by atoms with van der Waals surface area (Å²) in [4.78, 5) is 12.4. The van der Waals surface area contributed by atoms with E-state index in [1.807, 2.05) is 72.7 Å². The number of hydrogen-bond donors (Lipinski definition) is 4. The van der Waals surface area contributed by atoms with Crippen LogP contribution in [0.1, 0.15) is 59.6 Å². The Morgan fingerprint density at radius 3 is 2.28 bits per heavy atom. The van der Waals surface area contributed by atoms with Gasteiger partial charge in [0.05, 0.1) is 11.2 Å². The van der Waals surface area contributed by atoms with Gasteiger partial charge in [0.1, 0.15) is 5.69 Å². The van der Waals surface area contributed by atoms with Gasteiger partial charge < -0.3 is 16.4 Å². The van der Waals surface area contributed by atoms with E-state index in [2.05, 4.69) is 22.3 Å². The summed E-state index contributed by atoms with van der Waals surface area (Å²) in [6, 6.07) is 12.4. The van der Waals surface area contributed by atoms with E-state index in [9.17, 15) is 4.79 Å². The predicted octanol–water partition coefficient (Wildman–Crippen LogP) is 7.07. The first-order valence-corrected chi connectivity index (χ1v) is 9.85. The van der Waals surface area contributed by atoms with E-state index in [1.165, 1.54) is 0 Å². The zero-order valence-electron chi connectivity index (χ0n) is 18.7. The van der Waals surface area contributed by atoms with Crippen molar-refractivity contribution in [1.29, 1.82) is 5.53 Å². The Kier molecular flexibility index (Phi) is 11.0. The molecule has 0 unspecified atom stereocenters. The summed E-state index contributed by atoms with van der Waals surface area (Å²) in [6.07, 6.45) is 0. The highest BCUT2D eigenvalue weighted by Crippen LogP contribution is 2.26. The number of nitrogens with one attached hydrogen (secondary N) is 3. The predicted molar refractivity (Wildman–Crippen MR) is 125 cm³/mol. The Morgan fingerprint density at radius 1 is 1.10 bits per heavy atom. The molecule has 0 heterocycles. The van der Waals surface area contributed by atoms with Crippen molar-refractivity contribution in [2.45, 2.75) is 54.0 Å². The minimum atomic E-state index is -0.577. The van der Waals surface area contributed by atoms with Crippen molar-refractivity contribution in [2.24, 2.45) is 5.11 Å². The highest BCUT2D eigenvalue weighted by atomic mass is 16.2. The number of amides is 2. The van der Waals surface area contributed by atoms with E-state index >= 15 is 0 Å². The number of hydrogen-bond acceptors (Lipinski definition) is 4. The minimum absolute atomic E-state index is 0.311. The lowest BCUT2D eigenvalue weighted by atomic mass is 9.92. The Labute approximate surface area is 175 Å². The Morgan fingerprint density at radius 2 is 1.72 bits per heavy atom. The number of urea groups is 1. The van der Waals surface area contributed by atoms with Gasteiger partial charge in [-0.2, -0.15) is 5.11 Å². The molecule has 0 aliphatic carbocycles. The molecule has 29 heavy (non-hydrogen) atoms.